The average Bonchev–Trinajstić information content (AvgIpc) is 3.32. The van der Waals surface area contributed by atoms with Crippen molar-refractivity contribution in [1.82, 2.24) is 4.90 Å². The monoisotopic (exact) mass is 367 g/mol. The van der Waals surface area contributed by atoms with Gasteiger partial charge < -0.3 is 15.1 Å². The molecule has 5 nitrogen and oxygen atoms in total. The first-order valence-electron chi connectivity index (χ1n) is 9.33. The third-order valence-electron chi connectivity index (χ3n) is 5.33. The van der Waals surface area contributed by atoms with Crippen LogP contribution in [0, 0.1) is 5.82 Å². The lowest BCUT2D eigenvalue weighted by Crippen LogP contribution is -2.34. The number of nitrogens with zero attached hydrogens (tertiary/aromatic N) is 2. The van der Waals surface area contributed by atoms with Gasteiger partial charge in [0, 0.05) is 32.0 Å². The van der Waals surface area contributed by atoms with Gasteiger partial charge in [0.2, 0.25) is 5.91 Å². The van der Waals surface area contributed by atoms with Crippen LogP contribution in [0.2, 0.25) is 0 Å². The predicted molar refractivity (Wildman–Crippen MR) is 102 cm³/mol. The second-order valence-corrected chi connectivity index (χ2v) is 7.05. The van der Waals surface area contributed by atoms with Gasteiger partial charge in [0.25, 0.3) is 0 Å². The first-order chi connectivity index (χ1) is 13.1. The van der Waals surface area contributed by atoms with Crippen molar-refractivity contribution >= 4 is 23.3 Å². The number of likely N-dealkylation sites (tertiary alicyclic amines) is 1. The molecule has 0 aromatic heterocycles. The molecular weight excluding hydrogens is 345 g/mol. The smallest absolute Gasteiger partial charge is 0.321 e. The van der Waals surface area contributed by atoms with Crippen LogP contribution in [0.5, 0.6) is 0 Å². The van der Waals surface area contributed by atoms with Crippen molar-refractivity contribution in [2.24, 2.45) is 0 Å². The molecule has 2 aromatic rings. The number of rotatable bonds is 3. The zero-order valence-corrected chi connectivity index (χ0v) is 15.0. The number of carbonyl (C=O) groups is 2. The second-order valence-electron chi connectivity index (χ2n) is 7.05. The molecule has 1 atom stereocenters. The number of nitrogens with one attached hydrogen (secondary N) is 1. The third kappa shape index (κ3) is 3.52. The minimum Gasteiger partial charge on any atom is -0.324 e. The lowest BCUT2D eigenvalue weighted by molar-refractivity contribution is -0.117. The van der Waals surface area contributed by atoms with Crippen molar-refractivity contribution < 1.29 is 14.0 Å². The molecule has 0 bridgehead atoms. The molecule has 2 aliphatic heterocycles. The van der Waals surface area contributed by atoms with Gasteiger partial charge in [-0.1, -0.05) is 30.3 Å². The van der Waals surface area contributed by atoms with Gasteiger partial charge in [-0.05, 0) is 36.6 Å². The van der Waals surface area contributed by atoms with E-state index in [9.17, 15) is 14.0 Å². The summed E-state index contributed by atoms with van der Waals surface area (Å²) in [5.74, 6) is -0.132. The second kappa shape index (κ2) is 7.39. The maximum Gasteiger partial charge on any atom is 0.321 e. The van der Waals surface area contributed by atoms with Crippen molar-refractivity contribution in [2.45, 2.75) is 25.2 Å². The summed E-state index contributed by atoms with van der Waals surface area (Å²) in [5, 5.41) is 2.94. The first kappa shape index (κ1) is 17.5. The van der Waals surface area contributed by atoms with Crippen molar-refractivity contribution in [3.63, 3.8) is 0 Å². The highest BCUT2D eigenvalue weighted by atomic mass is 19.1. The van der Waals surface area contributed by atoms with E-state index in [2.05, 4.69) is 5.32 Å². The highest BCUT2D eigenvalue weighted by molar-refractivity contribution is 6.01. The Kier molecular flexibility index (Phi) is 4.79. The molecule has 2 saturated heterocycles. The predicted octanol–water partition coefficient (Wildman–Crippen LogP) is 3.97. The molecule has 2 heterocycles. The summed E-state index contributed by atoms with van der Waals surface area (Å²) < 4.78 is 14.0. The normalized spacial score (nSPS) is 19.6. The van der Waals surface area contributed by atoms with Crippen LogP contribution in [-0.2, 0) is 4.79 Å². The van der Waals surface area contributed by atoms with Crippen LogP contribution in [0.3, 0.4) is 0 Å². The number of hydrogen-bond acceptors (Lipinski definition) is 2. The quantitative estimate of drug-likeness (QED) is 0.892. The number of hydrogen-bond donors (Lipinski definition) is 1. The molecule has 2 aliphatic rings. The van der Waals surface area contributed by atoms with E-state index in [1.165, 1.54) is 6.07 Å². The Bertz CT molecular complexity index is 870. The maximum absolute atomic E-state index is 14.0. The van der Waals surface area contributed by atoms with E-state index in [1.807, 2.05) is 30.3 Å². The van der Waals surface area contributed by atoms with Gasteiger partial charge in [0.1, 0.15) is 5.82 Å². The topological polar surface area (TPSA) is 52.7 Å². The Morgan fingerprint density at radius 1 is 1.07 bits per heavy atom. The molecule has 0 saturated carbocycles. The van der Waals surface area contributed by atoms with Crippen molar-refractivity contribution in [3.05, 3.63) is 59.9 Å². The molecular formula is C21H22FN3O2. The molecule has 0 aliphatic carbocycles. The molecule has 3 amide bonds. The Morgan fingerprint density at radius 3 is 2.63 bits per heavy atom. The van der Waals surface area contributed by atoms with Gasteiger partial charge in [-0.25, -0.2) is 9.18 Å². The van der Waals surface area contributed by atoms with Crippen molar-refractivity contribution in [3.8, 4) is 0 Å². The lowest BCUT2D eigenvalue weighted by Gasteiger charge is -2.22. The van der Waals surface area contributed by atoms with Crippen molar-refractivity contribution in [1.29, 1.82) is 0 Å². The molecule has 27 heavy (non-hydrogen) atoms. The van der Waals surface area contributed by atoms with Crippen LogP contribution >= 0.6 is 0 Å². The van der Waals surface area contributed by atoms with E-state index in [-0.39, 0.29) is 23.7 Å². The number of urea groups is 1. The fraction of sp³-hybridized carbons (Fsp3) is 0.333. The number of para-hydroxylation sites is 2. The summed E-state index contributed by atoms with van der Waals surface area (Å²) in [5.41, 5.74) is 2.03. The number of carbonyl (C=O) groups excluding carboxylic acids is 2. The zero-order chi connectivity index (χ0) is 18.8. The molecule has 6 heteroatoms. The number of anilines is 2. The number of halogens is 1. The van der Waals surface area contributed by atoms with E-state index < -0.39 is 0 Å². The third-order valence-corrected chi connectivity index (χ3v) is 5.33. The molecule has 1 unspecified atom stereocenters. The van der Waals surface area contributed by atoms with Gasteiger partial charge in [0.15, 0.2) is 0 Å². The number of amides is 3. The fourth-order valence-corrected chi connectivity index (χ4v) is 3.92. The molecule has 2 fully saturated rings. The zero-order valence-electron chi connectivity index (χ0n) is 15.0. The van der Waals surface area contributed by atoms with Gasteiger partial charge >= 0.3 is 6.03 Å². The SMILES string of the molecule is O=C(Nc1ccccc1N1CCCC1=O)N1CCC(c2ccccc2F)C1. The van der Waals surface area contributed by atoms with E-state index in [0.717, 1.165) is 18.5 Å². The standard InChI is InChI=1S/C21H22FN3O2/c22-17-7-2-1-6-16(17)15-11-13-24(14-15)21(27)23-18-8-3-4-9-19(18)25-12-5-10-20(25)26/h1-4,6-9,15H,5,10-14H2,(H,23,27). The van der Waals surface area contributed by atoms with Crippen LogP contribution in [0.4, 0.5) is 20.6 Å². The molecule has 2 aromatic carbocycles. The molecule has 4 rings (SSSR count). The van der Waals surface area contributed by atoms with Crippen LogP contribution in [-0.4, -0.2) is 36.5 Å². The summed E-state index contributed by atoms with van der Waals surface area (Å²) in [6.07, 6.45) is 2.11. The molecule has 0 spiro atoms. The minimum atomic E-state index is -0.220. The summed E-state index contributed by atoms with van der Waals surface area (Å²) in [4.78, 5) is 28.2. The summed E-state index contributed by atoms with van der Waals surface area (Å²) in [6, 6.07) is 13.9. The van der Waals surface area contributed by atoms with E-state index in [0.29, 0.717) is 37.3 Å². The summed E-state index contributed by atoms with van der Waals surface area (Å²) in [6.45, 7) is 1.73. The van der Waals surface area contributed by atoms with Crippen molar-refractivity contribution in [2.75, 3.05) is 29.9 Å². The van der Waals surface area contributed by atoms with Crippen LogP contribution < -0.4 is 10.2 Å². The Balaban J connectivity index is 1.46. The van der Waals surface area contributed by atoms with E-state index >= 15 is 0 Å². The summed E-state index contributed by atoms with van der Waals surface area (Å²) >= 11 is 0. The van der Waals surface area contributed by atoms with Crippen LogP contribution in [0.25, 0.3) is 0 Å². The van der Waals surface area contributed by atoms with E-state index in [4.69, 9.17) is 0 Å². The highest BCUT2D eigenvalue weighted by Gasteiger charge is 2.30. The van der Waals surface area contributed by atoms with Gasteiger partial charge in [-0.15, -0.1) is 0 Å². The van der Waals surface area contributed by atoms with E-state index in [1.54, 1.807) is 21.9 Å². The fourth-order valence-electron chi connectivity index (χ4n) is 3.92. The Labute approximate surface area is 157 Å². The first-order valence-corrected chi connectivity index (χ1v) is 9.33. The largest absolute Gasteiger partial charge is 0.324 e. The van der Waals surface area contributed by atoms with Gasteiger partial charge in [-0.3, -0.25) is 4.79 Å². The highest BCUT2D eigenvalue weighted by Crippen LogP contribution is 2.32. The maximum atomic E-state index is 14.0. The Hall–Kier alpha value is -2.89. The van der Waals surface area contributed by atoms with Crippen LogP contribution in [0.1, 0.15) is 30.7 Å². The van der Waals surface area contributed by atoms with Gasteiger partial charge in [0.05, 0.1) is 11.4 Å². The summed E-state index contributed by atoms with van der Waals surface area (Å²) in [7, 11) is 0. The van der Waals surface area contributed by atoms with Crippen LogP contribution in [0.15, 0.2) is 48.5 Å². The Morgan fingerprint density at radius 2 is 1.85 bits per heavy atom. The lowest BCUT2D eigenvalue weighted by atomic mass is 9.98. The number of benzene rings is 2. The average molecular weight is 367 g/mol. The minimum absolute atomic E-state index is 0.00681. The molecule has 140 valence electrons. The molecule has 1 N–H and O–H groups in total. The molecule has 0 radical (unpaired) electrons. The van der Waals surface area contributed by atoms with Gasteiger partial charge in [-0.2, -0.15) is 0 Å².